The SMILES string of the molecule is CC1(C)c2cc(OS(=O)(=O)C(F)(F)F)c(Cl)cc2C(=O)c2c1[nH]c1cc(Br)ccc21. The van der Waals surface area contributed by atoms with Crippen LogP contribution in [0.15, 0.2) is 34.8 Å². The number of carbonyl (C=O) groups excluding carboxylic acids is 1. The standard InChI is InChI=1S/C19H12BrClF3NO4S/c1-18(2)11-7-14(29-30(27,28)19(22,23)24)12(21)6-10(11)16(26)15-9-4-3-8(20)5-13(9)25-17(15)18/h3-7,25H,1-2H3. The van der Waals surface area contributed by atoms with Crippen molar-refractivity contribution in [3.63, 3.8) is 0 Å². The number of carbonyl (C=O) groups is 1. The van der Waals surface area contributed by atoms with E-state index < -0.39 is 31.8 Å². The van der Waals surface area contributed by atoms with E-state index in [0.717, 1.165) is 16.6 Å². The lowest BCUT2D eigenvalue weighted by Crippen LogP contribution is -2.31. The van der Waals surface area contributed by atoms with Crippen LogP contribution in [0, 0.1) is 0 Å². The number of rotatable bonds is 2. The van der Waals surface area contributed by atoms with E-state index in [1.54, 1.807) is 32.0 Å². The molecule has 1 aromatic heterocycles. The quantitative estimate of drug-likeness (QED) is 0.347. The Bertz CT molecular complexity index is 1350. The van der Waals surface area contributed by atoms with Gasteiger partial charge in [0.2, 0.25) is 0 Å². The highest BCUT2D eigenvalue weighted by molar-refractivity contribution is 9.10. The van der Waals surface area contributed by atoms with Gasteiger partial charge in [0.05, 0.1) is 10.6 Å². The molecule has 0 atom stereocenters. The molecule has 1 aliphatic rings. The van der Waals surface area contributed by atoms with E-state index in [-0.39, 0.29) is 11.3 Å². The number of aromatic amines is 1. The van der Waals surface area contributed by atoms with Crippen LogP contribution in [0.3, 0.4) is 0 Å². The Kier molecular flexibility index (Phi) is 4.58. The van der Waals surface area contributed by atoms with Gasteiger partial charge in [0.1, 0.15) is 0 Å². The topological polar surface area (TPSA) is 76.2 Å². The maximum absolute atomic E-state index is 13.2. The van der Waals surface area contributed by atoms with Crippen molar-refractivity contribution in [2.45, 2.75) is 24.8 Å². The summed E-state index contributed by atoms with van der Waals surface area (Å²) >= 11 is 9.37. The van der Waals surface area contributed by atoms with Crippen LogP contribution in [0.4, 0.5) is 13.2 Å². The molecule has 0 radical (unpaired) electrons. The summed E-state index contributed by atoms with van der Waals surface area (Å²) in [7, 11) is -5.92. The van der Waals surface area contributed by atoms with Crippen LogP contribution >= 0.6 is 27.5 Å². The summed E-state index contributed by atoms with van der Waals surface area (Å²) in [6.07, 6.45) is 0. The van der Waals surface area contributed by atoms with E-state index in [9.17, 15) is 26.4 Å². The third-order valence-electron chi connectivity index (χ3n) is 5.09. The molecule has 4 rings (SSSR count). The first-order valence-corrected chi connectivity index (χ1v) is 11.0. The molecular formula is C19H12BrClF3NO4S. The summed E-state index contributed by atoms with van der Waals surface area (Å²) in [6.45, 7) is 3.52. The Morgan fingerprint density at radius 3 is 2.47 bits per heavy atom. The fourth-order valence-electron chi connectivity index (χ4n) is 3.63. The molecule has 158 valence electrons. The van der Waals surface area contributed by atoms with Crippen LogP contribution in [-0.2, 0) is 15.5 Å². The number of aromatic nitrogens is 1. The number of hydrogen-bond acceptors (Lipinski definition) is 4. The van der Waals surface area contributed by atoms with Crippen molar-refractivity contribution in [1.29, 1.82) is 0 Å². The molecule has 1 aliphatic carbocycles. The summed E-state index contributed by atoms with van der Waals surface area (Å²) in [5.41, 5.74) is -4.35. The Balaban J connectivity index is 1.93. The van der Waals surface area contributed by atoms with Crippen LogP contribution in [0.5, 0.6) is 5.75 Å². The monoisotopic (exact) mass is 521 g/mol. The molecule has 1 N–H and O–H groups in total. The van der Waals surface area contributed by atoms with Gasteiger partial charge >= 0.3 is 15.6 Å². The van der Waals surface area contributed by atoms with Crippen molar-refractivity contribution in [2.75, 3.05) is 0 Å². The van der Waals surface area contributed by atoms with E-state index in [1.165, 1.54) is 0 Å². The zero-order valence-electron chi connectivity index (χ0n) is 15.3. The van der Waals surface area contributed by atoms with Crippen LogP contribution < -0.4 is 4.18 Å². The molecule has 0 unspecified atom stereocenters. The number of alkyl halides is 3. The van der Waals surface area contributed by atoms with Crippen LogP contribution in [0.1, 0.15) is 41.0 Å². The van der Waals surface area contributed by atoms with Gasteiger partial charge in [0.25, 0.3) is 0 Å². The molecule has 0 saturated carbocycles. The van der Waals surface area contributed by atoms with E-state index in [4.69, 9.17) is 11.6 Å². The second kappa shape index (κ2) is 6.48. The van der Waals surface area contributed by atoms with Gasteiger partial charge in [-0.2, -0.15) is 21.6 Å². The van der Waals surface area contributed by atoms with Gasteiger partial charge in [0.15, 0.2) is 11.5 Å². The summed E-state index contributed by atoms with van der Waals surface area (Å²) in [4.78, 5) is 16.4. The molecule has 3 aromatic rings. The average molecular weight is 523 g/mol. The number of benzene rings is 2. The number of fused-ring (bicyclic) bond motifs is 4. The van der Waals surface area contributed by atoms with Crippen LogP contribution in [0.2, 0.25) is 5.02 Å². The van der Waals surface area contributed by atoms with Gasteiger partial charge in [-0.15, -0.1) is 0 Å². The number of halogens is 5. The first-order valence-electron chi connectivity index (χ1n) is 8.45. The normalized spacial score (nSPS) is 15.8. The van der Waals surface area contributed by atoms with Crippen molar-refractivity contribution in [3.05, 3.63) is 62.2 Å². The van der Waals surface area contributed by atoms with Crippen molar-refractivity contribution >= 4 is 54.3 Å². The fraction of sp³-hybridized carbons (Fsp3) is 0.211. The molecule has 0 aliphatic heterocycles. The maximum Gasteiger partial charge on any atom is 0.534 e. The van der Waals surface area contributed by atoms with E-state index in [0.29, 0.717) is 27.7 Å². The largest absolute Gasteiger partial charge is 0.534 e. The summed E-state index contributed by atoms with van der Waals surface area (Å²) in [5.74, 6) is -1.07. The maximum atomic E-state index is 13.2. The van der Waals surface area contributed by atoms with Crippen molar-refractivity contribution in [2.24, 2.45) is 0 Å². The molecule has 11 heteroatoms. The molecule has 0 fully saturated rings. The predicted octanol–water partition coefficient (Wildman–Crippen LogP) is 5.68. The van der Waals surface area contributed by atoms with Crippen molar-refractivity contribution in [1.82, 2.24) is 4.98 Å². The Labute approximate surface area is 182 Å². The lowest BCUT2D eigenvalue weighted by molar-refractivity contribution is -0.0500. The first kappa shape index (κ1) is 21.2. The Morgan fingerprint density at radius 2 is 1.83 bits per heavy atom. The van der Waals surface area contributed by atoms with E-state index >= 15 is 0 Å². The third kappa shape index (κ3) is 3.04. The first-order chi connectivity index (χ1) is 13.7. The second-order valence-corrected chi connectivity index (χ2v) is 10.2. The summed E-state index contributed by atoms with van der Waals surface area (Å²) in [6, 6.07) is 7.59. The highest BCUT2D eigenvalue weighted by Gasteiger charge is 2.49. The van der Waals surface area contributed by atoms with Gasteiger partial charge in [0, 0.05) is 32.0 Å². The predicted molar refractivity (Wildman–Crippen MR) is 109 cm³/mol. The molecule has 5 nitrogen and oxygen atoms in total. The molecule has 2 aromatic carbocycles. The highest BCUT2D eigenvalue weighted by Crippen LogP contribution is 2.47. The number of nitrogens with one attached hydrogen (secondary N) is 1. The minimum Gasteiger partial charge on any atom is -0.374 e. The second-order valence-electron chi connectivity index (χ2n) is 7.33. The minimum absolute atomic E-state index is 0.165. The smallest absolute Gasteiger partial charge is 0.374 e. The van der Waals surface area contributed by atoms with Gasteiger partial charge in [-0.1, -0.05) is 47.4 Å². The minimum atomic E-state index is -5.92. The van der Waals surface area contributed by atoms with Crippen LogP contribution in [-0.4, -0.2) is 24.7 Å². The van der Waals surface area contributed by atoms with Gasteiger partial charge in [-0.3, -0.25) is 4.79 Å². The molecule has 0 saturated heterocycles. The molecule has 30 heavy (non-hydrogen) atoms. The van der Waals surface area contributed by atoms with Gasteiger partial charge < -0.3 is 9.17 Å². The van der Waals surface area contributed by atoms with Crippen LogP contribution in [0.25, 0.3) is 10.9 Å². The molecular weight excluding hydrogens is 511 g/mol. The summed E-state index contributed by atoms with van der Waals surface area (Å²) < 4.78 is 66.1. The van der Waals surface area contributed by atoms with Crippen molar-refractivity contribution in [3.8, 4) is 5.75 Å². The number of ketones is 1. The molecule has 0 amide bonds. The van der Waals surface area contributed by atoms with Gasteiger partial charge in [-0.25, -0.2) is 0 Å². The number of H-pyrrole nitrogens is 1. The Hall–Kier alpha value is -2.04. The molecule has 0 bridgehead atoms. The summed E-state index contributed by atoms with van der Waals surface area (Å²) in [5, 5.41) is 0.268. The fourth-order valence-corrected chi connectivity index (χ4v) is 4.71. The van der Waals surface area contributed by atoms with Crippen molar-refractivity contribution < 1.29 is 30.6 Å². The third-order valence-corrected chi connectivity index (χ3v) is 6.84. The number of hydrogen-bond donors (Lipinski definition) is 1. The zero-order chi connectivity index (χ0) is 22.2. The average Bonchev–Trinajstić information content (AvgIpc) is 3.00. The van der Waals surface area contributed by atoms with Gasteiger partial charge in [-0.05, 0) is 29.8 Å². The Morgan fingerprint density at radius 1 is 1.17 bits per heavy atom. The lowest BCUT2D eigenvalue weighted by atomic mass is 9.71. The lowest BCUT2D eigenvalue weighted by Gasteiger charge is -2.32. The molecule has 1 heterocycles. The molecule has 0 spiro atoms. The van der Waals surface area contributed by atoms with E-state index in [2.05, 4.69) is 25.1 Å². The highest BCUT2D eigenvalue weighted by atomic mass is 79.9. The zero-order valence-corrected chi connectivity index (χ0v) is 18.5. The van der Waals surface area contributed by atoms with E-state index in [1.807, 2.05) is 0 Å².